The van der Waals surface area contributed by atoms with Crippen molar-refractivity contribution in [1.82, 2.24) is 19.1 Å². The van der Waals surface area contributed by atoms with Crippen LogP contribution in [-0.2, 0) is 0 Å². The van der Waals surface area contributed by atoms with Gasteiger partial charge in [-0.2, -0.15) is 0 Å². The number of fused-ring (bicyclic) bond motifs is 7. The molecule has 56 heavy (non-hydrogen) atoms. The highest BCUT2D eigenvalue weighted by Gasteiger charge is 2.22. The Hall–Kier alpha value is -7.56. The SMILES string of the molecule is c1ccc(-c2cc(-c3ccccc3)cc(-n3c4ccccc4c4c5c6ccccc6n(-c6nc(-c7ccccc7)cc(-c7ccccc7)n6)c5ccc43)c2)cc1. The van der Waals surface area contributed by atoms with E-state index in [1.54, 1.807) is 0 Å². The van der Waals surface area contributed by atoms with E-state index in [2.05, 4.69) is 203 Å². The standard InChI is InChI=1S/C52H34N4/c1-5-17-35(18-6-1)39-31-40(36-19-7-2-8-20-36)33-41(32-39)55-46-27-15-13-25-42(46)50-48(55)29-30-49-51(50)43-26-14-16-28-47(43)56(49)52-53-44(37-21-9-3-10-22-37)34-45(54-52)38-23-11-4-12-24-38/h1-34H. The summed E-state index contributed by atoms with van der Waals surface area (Å²) in [5, 5.41) is 4.76. The lowest BCUT2D eigenvalue weighted by atomic mass is 9.98. The third kappa shape index (κ3) is 5.23. The number of para-hydroxylation sites is 2. The maximum absolute atomic E-state index is 5.29. The summed E-state index contributed by atoms with van der Waals surface area (Å²) in [6, 6.07) is 73.2. The minimum absolute atomic E-state index is 0.641. The fraction of sp³-hybridized carbons (Fsp3) is 0. The van der Waals surface area contributed by atoms with Gasteiger partial charge in [0.05, 0.1) is 33.5 Å². The summed E-state index contributed by atoms with van der Waals surface area (Å²) in [5.41, 5.74) is 14.1. The number of rotatable bonds is 6. The number of hydrogen-bond donors (Lipinski definition) is 0. The molecule has 0 N–H and O–H groups in total. The van der Waals surface area contributed by atoms with Crippen LogP contribution in [-0.4, -0.2) is 19.1 Å². The van der Waals surface area contributed by atoms with Gasteiger partial charge >= 0.3 is 0 Å². The number of hydrogen-bond acceptors (Lipinski definition) is 2. The second-order valence-corrected chi connectivity index (χ2v) is 14.2. The predicted molar refractivity (Wildman–Crippen MR) is 232 cm³/mol. The lowest BCUT2D eigenvalue weighted by Crippen LogP contribution is -2.04. The smallest absolute Gasteiger partial charge is 0.235 e. The molecule has 0 radical (unpaired) electrons. The van der Waals surface area contributed by atoms with Gasteiger partial charge in [-0.25, -0.2) is 9.97 Å². The van der Waals surface area contributed by atoms with E-state index in [9.17, 15) is 0 Å². The van der Waals surface area contributed by atoms with E-state index in [1.807, 2.05) is 12.1 Å². The third-order valence-electron chi connectivity index (χ3n) is 10.9. The first kappa shape index (κ1) is 31.9. The average Bonchev–Trinajstić information content (AvgIpc) is 3.80. The number of aromatic nitrogens is 4. The fourth-order valence-corrected chi connectivity index (χ4v) is 8.39. The number of nitrogens with zero attached hydrogens (tertiary/aromatic N) is 4. The molecule has 4 heteroatoms. The Balaban J connectivity index is 1.22. The highest BCUT2D eigenvalue weighted by molar-refractivity contribution is 6.28. The van der Waals surface area contributed by atoms with Crippen molar-refractivity contribution in [1.29, 1.82) is 0 Å². The first-order valence-corrected chi connectivity index (χ1v) is 19.0. The van der Waals surface area contributed by atoms with Crippen LogP contribution in [0.4, 0.5) is 0 Å². The van der Waals surface area contributed by atoms with Gasteiger partial charge in [0.1, 0.15) is 0 Å². The minimum atomic E-state index is 0.641. The van der Waals surface area contributed by atoms with Gasteiger partial charge in [-0.3, -0.25) is 4.57 Å². The molecule has 11 rings (SSSR count). The van der Waals surface area contributed by atoms with E-state index < -0.39 is 0 Å². The molecule has 262 valence electrons. The third-order valence-corrected chi connectivity index (χ3v) is 10.9. The first-order chi connectivity index (χ1) is 27.8. The quantitative estimate of drug-likeness (QED) is 0.172. The van der Waals surface area contributed by atoms with Crippen molar-refractivity contribution in [2.45, 2.75) is 0 Å². The van der Waals surface area contributed by atoms with Crippen LogP contribution in [0.15, 0.2) is 206 Å². The molecule has 0 aliphatic heterocycles. The van der Waals surface area contributed by atoms with Gasteiger partial charge < -0.3 is 4.57 Å². The maximum Gasteiger partial charge on any atom is 0.235 e. The van der Waals surface area contributed by atoms with Crippen LogP contribution < -0.4 is 0 Å². The normalized spacial score (nSPS) is 11.6. The molecule has 0 aliphatic carbocycles. The molecule has 3 aromatic heterocycles. The molecular formula is C52H34N4. The van der Waals surface area contributed by atoms with Gasteiger partial charge in [0, 0.05) is 38.4 Å². The van der Waals surface area contributed by atoms with Gasteiger partial charge in [-0.05, 0) is 70.8 Å². The van der Waals surface area contributed by atoms with Gasteiger partial charge in [0.15, 0.2) is 0 Å². The van der Waals surface area contributed by atoms with Crippen LogP contribution in [0.5, 0.6) is 0 Å². The van der Waals surface area contributed by atoms with E-state index in [4.69, 9.17) is 9.97 Å². The van der Waals surface area contributed by atoms with E-state index in [0.29, 0.717) is 5.95 Å². The van der Waals surface area contributed by atoms with Crippen LogP contribution in [0.25, 0.3) is 100 Å². The maximum atomic E-state index is 5.29. The Morgan fingerprint density at radius 3 is 1.16 bits per heavy atom. The van der Waals surface area contributed by atoms with Gasteiger partial charge in [0.25, 0.3) is 0 Å². The minimum Gasteiger partial charge on any atom is -0.309 e. The van der Waals surface area contributed by atoms with Crippen molar-refractivity contribution < 1.29 is 0 Å². The molecule has 8 aromatic carbocycles. The topological polar surface area (TPSA) is 35.6 Å². The average molecular weight is 715 g/mol. The van der Waals surface area contributed by atoms with Crippen LogP contribution in [0.2, 0.25) is 0 Å². The second-order valence-electron chi connectivity index (χ2n) is 14.2. The Morgan fingerprint density at radius 2 is 0.679 bits per heavy atom. The van der Waals surface area contributed by atoms with E-state index >= 15 is 0 Å². The van der Waals surface area contributed by atoms with Crippen LogP contribution in [0, 0.1) is 0 Å². The summed E-state index contributed by atoms with van der Waals surface area (Å²) >= 11 is 0. The van der Waals surface area contributed by atoms with Crippen LogP contribution >= 0.6 is 0 Å². The molecular weight excluding hydrogens is 681 g/mol. The molecule has 0 bridgehead atoms. The van der Waals surface area contributed by atoms with Crippen LogP contribution in [0.1, 0.15) is 0 Å². The summed E-state index contributed by atoms with van der Waals surface area (Å²) in [4.78, 5) is 10.6. The summed E-state index contributed by atoms with van der Waals surface area (Å²) in [5.74, 6) is 0.641. The first-order valence-electron chi connectivity index (χ1n) is 19.0. The zero-order valence-corrected chi connectivity index (χ0v) is 30.4. The van der Waals surface area contributed by atoms with Crippen molar-refractivity contribution in [3.63, 3.8) is 0 Å². The van der Waals surface area contributed by atoms with Gasteiger partial charge in [-0.1, -0.05) is 158 Å². The molecule has 4 nitrogen and oxygen atoms in total. The van der Waals surface area contributed by atoms with Crippen molar-refractivity contribution in [2.75, 3.05) is 0 Å². The fourth-order valence-electron chi connectivity index (χ4n) is 8.39. The van der Waals surface area contributed by atoms with Crippen LogP contribution in [0.3, 0.4) is 0 Å². The largest absolute Gasteiger partial charge is 0.309 e. The molecule has 11 aromatic rings. The molecule has 0 fully saturated rings. The molecule has 0 atom stereocenters. The summed E-state index contributed by atoms with van der Waals surface area (Å²) < 4.78 is 4.69. The summed E-state index contributed by atoms with van der Waals surface area (Å²) in [7, 11) is 0. The second kappa shape index (κ2) is 13.1. The Bertz CT molecular complexity index is 2880. The predicted octanol–water partition coefficient (Wildman–Crippen LogP) is 13.3. The molecule has 3 heterocycles. The highest BCUT2D eigenvalue weighted by Crippen LogP contribution is 2.43. The van der Waals surface area contributed by atoms with Crippen molar-refractivity contribution in [3.8, 4) is 56.4 Å². The lowest BCUT2D eigenvalue weighted by Gasteiger charge is -2.14. The summed E-state index contributed by atoms with van der Waals surface area (Å²) in [6.45, 7) is 0. The lowest BCUT2D eigenvalue weighted by molar-refractivity contribution is 0.996. The van der Waals surface area contributed by atoms with Gasteiger partial charge in [0.2, 0.25) is 5.95 Å². The van der Waals surface area contributed by atoms with Crippen molar-refractivity contribution in [3.05, 3.63) is 206 Å². The van der Waals surface area contributed by atoms with E-state index in [0.717, 1.165) is 55.7 Å². The molecule has 0 amide bonds. The monoisotopic (exact) mass is 714 g/mol. The van der Waals surface area contributed by atoms with Crippen molar-refractivity contribution >= 4 is 43.6 Å². The van der Waals surface area contributed by atoms with Crippen molar-refractivity contribution in [2.24, 2.45) is 0 Å². The molecule has 0 unspecified atom stereocenters. The zero-order valence-electron chi connectivity index (χ0n) is 30.4. The molecule has 0 saturated heterocycles. The highest BCUT2D eigenvalue weighted by atomic mass is 15.2. The number of benzene rings is 8. The van der Waals surface area contributed by atoms with Gasteiger partial charge in [-0.15, -0.1) is 0 Å². The Morgan fingerprint density at radius 1 is 0.286 bits per heavy atom. The molecule has 0 spiro atoms. The summed E-state index contributed by atoms with van der Waals surface area (Å²) in [6.07, 6.45) is 0. The molecule has 0 saturated carbocycles. The Labute approximate surface area is 324 Å². The molecule has 0 aliphatic rings. The van der Waals surface area contributed by atoms with E-state index in [1.165, 1.54) is 38.4 Å². The van der Waals surface area contributed by atoms with E-state index in [-0.39, 0.29) is 0 Å². The Kier molecular flexibility index (Phi) is 7.46. The zero-order chi connectivity index (χ0) is 37.0.